The fourth-order valence-electron chi connectivity index (χ4n) is 3.30. The summed E-state index contributed by atoms with van der Waals surface area (Å²) < 4.78 is 11.7. The number of nitrogens with one attached hydrogen (secondary N) is 1. The Kier molecular flexibility index (Phi) is 8.50. The van der Waals surface area contributed by atoms with E-state index < -0.39 is 5.91 Å². The standard InChI is InChI=1S/C28H25ClN2O3/c1-4-8-22-13-21(15-26(33-3)27(22)34-18-20-9-6-5-7-10-20)14-23(17-30)28(32)31-24-12-11-19(2)25(29)16-24/h4-7,9-16H,1,8,18H2,2-3H3,(H,31,32)/b23-14+. The van der Waals surface area contributed by atoms with E-state index in [4.69, 9.17) is 21.1 Å². The number of aryl methyl sites for hydroxylation is 1. The number of anilines is 1. The average molecular weight is 473 g/mol. The SMILES string of the molecule is C=CCc1cc(/C=C(\C#N)C(=O)Nc2ccc(C)c(Cl)c2)cc(OC)c1OCc1ccccc1. The van der Waals surface area contributed by atoms with Gasteiger partial charge in [0.15, 0.2) is 11.5 Å². The first-order chi connectivity index (χ1) is 16.4. The van der Waals surface area contributed by atoms with Crippen LogP contribution in [0.1, 0.15) is 22.3 Å². The van der Waals surface area contributed by atoms with Crippen molar-refractivity contribution in [1.29, 1.82) is 5.26 Å². The molecule has 5 nitrogen and oxygen atoms in total. The zero-order chi connectivity index (χ0) is 24.5. The smallest absolute Gasteiger partial charge is 0.266 e. The van der Waals surface area contributed by atoms with Crippen LogP contribution in [0.4, 0.5) is 5.69 Å². The lowest BCUT2D eigenvalue weighted by Crippen LogP contribution is -2.13. The van der Waals surface area contributed by atoms with Gasteiger partial charge in [-0.25, -0.2) is 0 Å². The number of halogens is 1. The van der Waals surface area contributed by atoms with Crippen LogP contribution in [0.5, 0.6) is 11.5 Å². The van der Waals surface area contributed by atoms with Crippen molar-refractivity contribution in [2.75, 3.05) is 12.4 Å². The number of rotatable bonds is 9. The van der Waals surface area contributed by atoms with Crippen molar-refractivity contribution in [3.05, 3.63) is 106 Å². The molecule has 0 saturated carbocycles. The van der Waals surface area contributed by atoms with E-state index in [1.54, 1.807) is 37.5 Å². The van der Waals surface area contributed by atoms with E-state index in [2.05, 4.69) is 11.9 Å². The molecule has 1 amide bonds. The molecular weight excluding hydrogens is 448 g/mol. The second kappa shape index (κ2) is 11.7. The number of ether oxygens (including phenoxy) is 2. The first-order valence-electron chi connectivity index (χ1n) is 10.6. The number of hydrogen-bond donors (Lipinski definition) is 1. The van der Waals surface area contributed by atoms with E-state index in [1.807, 2.05) is 49.4 Å². The van der Waals surface area contributed by atoms with Crippen LogP contribution in [-0.2, 0) is 17.8 Å². The van der Waals surface area contributed by atoms with Gasteiger partial charge in [0.05, 0.1) is 7.11 Å². The topological polar surface area (TPSA) is 71.4 Å². The molecule has 0 fully saturated rings. The highest BCUT2D eigenvalue weighted by molar-refractivity contribution is 6.31. The highest BCUT2D eigenvalue weighted by atomic mass is 35.5. The Labute approximate surface area is 204 Å². The maximum Gasteiger partial charge on any atom is 0.266 e. The van der Waals surface area contributed by atoms with Gasteiger partial charge in [-0.15, -0.1) is 6.58 Å². The lowest BCUT2D eigenvalue weighted by molar-refractivity contribution is -0.112. The monoisotopic (exact) mass is 472 g/mol. The molecule has 0 aliphatic carbocycles. The van der Waals surface area contributed by atoms with E-state index in [0.717, 1.165) is 16.7 Å². The molecule has 1 N–H and O–H groups in total. The maximum atomic E-state index is 12.7. The fourth-order valence-corrected chi connectivity index (χ4v) is 3.48. The van der Waals surface area contributed by atoms with Crippen molar-refractivity contribution in [2.45, 2.75) is 20.0 Å². The van der Waals surface area contributed by atoms with Gasteiger partial charge in [0, 0.05) is 16.3 Å². The van der Waals surface area contributed by atoms with Gasteiger partial charge in [0.2, 0.25) is 0 Å². The number of carbonyl (C=O) groups is 1. The molecule has 3 aromatic carbocycles. The number of nitriles is 1. The minimum Gasteiger partial charge on any atom is -0.493 e. The van der Waals surface area contributed by atoms with E-state index in [9.17, 15) is 10.1 Å². The second-order valence-electron chi connectivity index (χ2n) is 7.57. The quantitative estimate of drug-likeness (QED) is 0.219. The predicted octanol–water partition coefficient (Wildman–Crippen LogP) is 6.51. The number of allylic oxidation sites excluding steroid dienone is 1. The van der Waals surface area contributed by atoms with Crippen LogP contribution in [0.15, 0.2) is 78.9 Å². The van der Waals surface area contributed by atoms with Crippen molar-refractivity contribution < 1.29 is 14.3 Å². The van der Waals surface area contributed by atoms with Crippen LogP contribution >= 0.6 is 11.6 Å². The molecule has 34 heavy (non-hydrogen) atoms. The van der Waals surface area contributed by atoms with Crippen molar-refractivity contribution in [3.63, 3.8) is 0 Å². The van der Waals surface area contributed by atoms with Crippen molar-refractivity contribution in [3.8, 4) is 17.6 Å². The summed E-state index contributed by atoms with van der Waals surface area (Å²) in [6, 6.07) is 20.6. The highest BCUT2D eigenvalue weighted by Gasteiger charge is 2.15. The summed E-state index contributed by atoms with van der Waals surface area (Å²) >= 11 is 6.14. The Bertz CT molecular complexity index is 1260. The number of nitrogens with zero attached hydrogens (tertiary/aromatic N) is 1. The van der Waals surface area contributed by atoms with E-state index >= 15 is 0 Å². The van der Waals surface area contributed by atoms with E-state index in [-0.39, 0.29) is 5.57 Å². The third-order valence-electron chi connectivity index (χ3n) is 5.07. The molecular formula is C28H25ClN2O3. The molecule has 0 radical (unpaired) electrons. The fraction of sp³-hybridized carbons (Fsp3) is 0.143. The Hall–Kier alpha value is -4.01. The summed E-state index contributed by atoms with van der Waals surface area (Å²) in [5, 5.41) is 12.9. The van der Waals surface area contributed by atoms with E-state index in [0.29, 0.717) is 40.8 Å². The summed E-state index contributed by atoms with van der Waals surface area (Å²) in [6.07, 6.45) is 3.80. The molecule has 0 saturated heterocycles. The molecule has 0 aliphatic heterocycles. The number of methoxy groups -OCH3 is 1. The van der Waals surface area contributed by atoms with Gasteiger partial charge in [-0.05, 0) is 60.4 Å². The summed E-state index contributed by atoms with van der Waals surface area (Å²) in [6.45, 7) is 6.07. The summed E-state index contributed by atoms with van der Waals surface area (Å²) in [5.41, 5.74) is 3.84. The van der Waals surface area contributed by atoms with Crippen LogP contribution in [0.2, 0.25) is 5.02 Å². The molecule has 0 heterocycles. The Balaban J connectivity index is 1.89. The third-order valence-corrected chi connectivity index (χ3v) is 5.48. The lowest BCUT2D eigenvalue weighted by atomic mass is 10.0. The van der Waals surface area contributed by atoms with Gasteiger partial charge in [-0.2, -0.15) is 5.26 Å². The summed E-state index contributed by atoms with van der Waals surface area (Å²) in [5.74, 6) is 0.571. The molecule has 172 valence electrons. The molecule has 0 aliphatic rings. The zero-order valence-electron chi connectivity index (χ0n) is 19.1. The Morgan fingerprint density at radius 3 is 2.59 bits per heavy atom. The number of carbonyl (C=O) groups excluding carboxylic acids is 1. The van der Waals surface area contributed by atoms with Crippen molar-refractivity contribution >= 4 is 29.3 Å². The van der Waals surface area contributed by atoms with Gasteiger partial charge < -0.3 is 14.8 Å². The minimum atomic E-state index is -0.531. The van der Waals surface area contributed by atoms with Gasteiger partial charge in [-0.1, -0.05) is 54.1 Å². The molecule has 0 atom stereocenters. The normalized spacial score (nSPS) is 10.8. The van der Waals surface area contributed by atoms with Crippen LogP contribution in [0.3, 0.4) is 0 Å². The van der Waals surface area contributed by atoms with Crippen LogP contribution in [-0.4, -0.2) is 13.0 Å². The molecule has 3 rings (SSSR count). The maximum absolute atomic E-state index is 12.7. The number of hydrogen-bond acceptors (Lipinski definition) is 4. The predicted molar refractivity (Wildman–Crippen MR) is 136 cm³/mol. The highest BCUT2D eigenvalue weighted by Crippen LogP contribution is 2.35. The summed E-state index contributed by atoms with van der Waals surface area (Å²) in [7, 11) is 1.55. The molecule has 3 aromatic rings. The van der Waals surface area contributed by atoms with Crippen LogP contribution < -0.4 is 14.8 Å². The van der Waals surface area contributed by atoms with Crippen molar-refractivity contribution in [1.82, 2.24) is 0 Å². The van der Waals surface area contributed by atoms with Gasteiger partial charge in [0.25, 0.3) is 5.91 Å². The minimum absolute atomic E-state index is 0.0544. The lowest BCUT2D eigenvalue weighted by Gasteiger charge is -2.16. The summed E-state index contributed by atoms with van der Waals surface area (Å²) in [4.78, 5) is 12.7. The zero-order valence-corrected chi connectivity index (χ0v) is 19.9. The molecule has 0 bridgehead atoms. The molecule has 0 aromatic heterocycles. The number of amides is 1. The van der Waals surface area contributed by atoms with Crippen LogP contribution in [0.25, 0.3) is 6.08 Å². The first kappa shape index (κ1) is 24.6. The van der Waals surface area contributed by atoms with Crippen LogP contribution in [0, 0.1) is 18.3 Å². The van der Waals surface area contributed by atoms with Gasteiger partial charge in [0.1, 0.15) is 18.2 Å². The molecule has 0 spiro atoms. The molecule has 0 unspecified atom stereocenters. The van der Waals surface area contributed by atoms with Crippen molar-refractivity contribution in [2.24, 2.45) is 0 Å². The number of benzene rings is 3. The third kappa shape index (κ3) is 6.28. The average Bonchev–Trinajstić information content (AvgIpc) is 2.84. The van der Waals surface area contributed by atoms with E-state index in [1.165, 1.54) is 6.08 Å². The second-order valence-corrected chi connectivity index (χ2v) is 7.97. The Morgan fingerprint density at radius 2 is 1.94 bits per heavy atom. The van der Waals surface area contributed by atoms with Gasteiger partial charge in [-0.3, -0.25) is 4.79 Å². The first-order valence-corrected chi connectivity index (χ1v) is 11.0. The largest absolute Gasteiger partial charge is 0.493 e. The Morgan fingerprint density at radius 1 is 1.18 bits per heavy atom. The van der Waals surface area contributed by atoms with Gasteiger partial charge >= 0.3 is 0 Å². The molecule has 6 heteroatoms.